The van der Waals surface area contributed by atoms with Crippen molar-refractivity contribution >= 4 is 54.9 Å². The van der Waals surface area contributed by atoms with Crippen molar-refractivity contribution in [2.24, 2.45) is 0 Å². The van der Waals surface area contributed by atoms with E-state index in [-0.39, 0.29) is 54.0 Å². The molecule has 7 aromatic carbocycles. The maximum atomic E-state index is 8.53. The van der Waals surface area contributed by atoms with Crippen LogP contribution in [0.4, 0.5) is 0 Å². The molecule has 0 N–H and O–H groups in total. The number of furan rings is 2. The largest absolute Gasteiger partial charge is 0.501 e. The zero-order valence-electron chi connectivity index (χ0n) is 47.4. The van der Waals surface area contributed by atoms with Gasteiger partial charge < -0.3 is 18.4 Å². The Morgan fingerprint density at radius 3 is 2.04 bits per heavy atom. The molecule has 0 fully saturated rings. The molecule has 0 saturated carbocycles. The molecule has 0 atom stereocenters. The second kappa shape index (κ2) is 17.9. The van der Waals surface area contributed by atoms with Crippen LogP contribution < -0.4 is 0 Å². The molecular weight excluding hydrogens is 999 g/mol. The zero-order valence-corrected chi connectivity index (χ0v) is 40.8. The number of para-hydroxylation sites is 3. The summed E-state index contributed by atoms with van der Waals surface area (Å²) < 4.78 is 86.1. The quantitative estimate of drug-likeness (QED) is 0.156. The van der Waals surface area contributed by atoms with E-state index < -0.39 is 20.6 Å². The molecule has 67 heavy (non-hydrogen) atoms. The monoisotopic (exact) mass is 1060 g/mol. The Kier molecular flexibility index (Phi) is 9.51. The van der Waals surface area contributed by atoms with E-state index in [0.29, 0.717) is 55.7 Å². The van der Waals surface area contributed by atoms with Gasteiger partial charge in [-0.1, -0.05) is 140 Å². The molecule has 4 heterocycles. The first-order valence-electron chi connectivity index (χ1n) is 26.9. The summed E-state index contributed by atoms with van der Waals surface area (Å²) in [4.78, 5) is 9.50. The van der Waals surface area contributed by atoms with Crippen LogP contribution in [0.25, 0.3) is 94.4 Å². The van der Waals surface area contributed by atoms with E-state index >= 15 is 0 Å². The molecule has 5 nitrogen and oxygen atoms in total. The van der Waals surface area contributed by atoms with Crippen LogP contribution in [0, 0.1) is 32.7 Å². The summed E-state index contributed by atoms with van der Waals surface area (Å²) in [5.41, 5.74) is 12.8. The van der Waals surface area contributed by atoms with Crippen molar-refractivity contribution in [3.05, 3.63) is 185 Å². The molecule has 337 valence electrons. The maximum Gasteiger partial charge on any atom is 0.136 e. The summed E-state index contributed by atoms with van der Waals surface area (Å²) >= 11 is 0. The van der Waals surface area contributed by atoms with Gasteiger partial charge >= 0.3 is 0 Å². The van der Waals surface area contributed by atoms with E-state index in [2.05, 4.69) is 91.8 Å². The number of aromatic nitrogens is 3. The van der Waals surface area contributed by atoms with Gasteiger partial charge in [-0.15, -0.1) is 53.1 Å². The fourth-order valence-electron chi connectivity index (χ4n) is 9.05. The van der Waals surface area contributed by atoms with Gasteiger partial charge in [0, 0.05) is 60.5 Å². The second-order valence-electron chi connectivity index (χ2n) is 18.6. The first-order chi connectivity index (χ1) is 35.4. The van der Waals surface area contributed by atoms with Gasteiger partial charge in [0.05, 0.1) is 22.4 Å². The van der Waals surface area contributed by atoms with E-state index in [1.807, 2.05) is 81.4 Å². The molecule has 11 aromatic rings. The molecule has 0 amide bonds. The van der Waals surface area contributed by atoms with Crippen LogP contribution in [0.3, 0.4) is 0 Å². The summed E-state index contributed by atoms with van der Waals surface area (Å²) in [6.45, 7) is 7.93. The van der Waals surface area contributed by atoms with Crippen molar-refractivity contribution in [3.63, 3.8) is 0 Å². The van der Waals surface area contributed by atoms with Crippen molar-refractivity contribution in [2.45, 2.75) is 86.3 Å². The van der Waals surface area contributed by atoms with Gasteiger partial charge in [-0.2, -0.15) is 0 Å². The SMILES string of the molecule is [2H]C([2H])([2H])c1c[c-]c(-c2cc(C(C)(C)C)c(C([2H])([2H])[2H])cn2)cc1.[2H]C([2H])([2H])c1c[c-]c(-c2nc3ccccc3n2-c2c(C(C)C)cc(-c3ccccc3)cc2C(C)C)c2oc3cc4c(cc3c12)oc1ccccc14.[Ir]. The number of benzene rings is 7. The summed E-state index contributed by atoms with van der Waals surface area (Å²) in [6.07, 6.45) is 1.38. The topological polar surface area (TPSA) is 57.0 Å². The minimum atomic E-state index is -2.41. The van der Waals surface area contributed by atoms with E-state index in [1.165, 1.54) is 40.6 Å². The standard InChI is InChI=1S/C44H35N2O2.C17H20N.Ir/c1-25(2)32-21-29(28-13-7-6-8-14-28)22-33(26(3)4)42(32)46-37-17-11-10-16-36(37)45-44(46)31-20-19-27(5)41-35-24-39-34(23-40(35)48-43(31)41)30-15-9-12-18-38(30)47-39;1-12-6-8-14(9-7-12)16-10-15(17(3,4)5)13(2)11-18-16;/h6-19,21-26H,1-5H3;6-8,10-11H,1-5H3;/q2*-1;/i5D3;1D3,2D3;. The van der Waals surface area contributed by atoms with Gasteiger partial charge in [0.2, 0.25) is 0 Å². The molecule has 0 aliphatic rings. The Bertz CT molecular complexity index is 3920. The van der Waals surface area contributed by atoms with E-state index in [9.17, 15) is 0 Å². The molecule has 0 aliphatic heterocycles. The van der Waals surface area contributed by atoms with Crippen LogP contribution in [0.15, 0.2) is 148 Å². The number of rotatable bonds is 6. The van der Waals surface area contributed by atoms with Gasteiger partial charge in [-0.25, -0.2) is 0 Å². The third-order valence-electron chi connectivity index (χ3n) is 12.4. The van der Waals surface area contributed by atoms with Gasteiger partial charge in [0.25, 0.3) is 0 Å². The van der Waals surface area contributed by atoms with E-state index in [4.69, 9.17) is 26.2 Å². The summed E-state index contributed by atoms with van der Waals surface area (Å²) in [6, 6.07) is 49.2. The normalized spacial score (nSPS) is 14.4. The average molecular weight is 1060 g/mol. The Balaban J connectivity index is 0.000000239. The smallest absolute Gasteiger partial charge is 0.136 e. The Morgan fingerprint density at radius 2 is 1.34 bits per heavy atom. The van der Waals surface area contributed by atoms with Gasteiger partial charge in [-0.05, 0) is 106 Å². The van der Waals surface area contributed by atoms with Gasteiger partial charge in [-0.3, -0.25) is 4.98 Å². The molecule has 0 unspecified atom stereocenters. The maximum absolute atomic E-state index is 8.53. The minimum Gasteiger partial charge on any atom is -0.501 e. The van der Waals surface area contributed by atoms with Crippen molar-refractivity contribution in [3.8, 4) is 39.5 Å². The van der Waals surface area contributed by atoms with Gasteiger partial charge in [0.1, 0.15) is 16.7 Å². The zero-order chi connectivity index (χ0) is 53.5. The summed E-state index contributed by atoms with van der Waals surface area (Å²) in [7, 11) is 0. The Morgan fingerprint density at radius 1 is 0.642 bits per heavy atom. The van der Waals surface area contributed by atoms with Crippen LogP contribution in [-0.4, -0.2) is 14.5 Å². The van der Waals surface area contributed by atoms with Crippen molar-refractivity contribution in [1.82, 2.24) is 14.5 Å². The molecule has 11 rings (SSSR count). The molecule has 0 spiro atoms. The number of imidazole rings is 1. The molecule has 0 aliphatic carbocycles. The predicted octanol–water partition coefficient (Wildman–Crippen LogP) is 17.0. The van der Waals surface area contributed by atoms with Crippen molar-refractivity contribution < 1.29 is 41.3 Å². The third kappa shape index (κ3) is 8.32. The predicted molar refractivity (Wildman–Crippen MR) is 275 cm³/mol. The summed E-state index contributed by atoms with van der Waals surface area (Å²) in [5, 5.41) is 3.08. The fraction of sp³-hybridized carbons (Fsp3) is 0.213. The Labute approximate surface area is 419 Å². The number of pyridine rings is 1. The van der Waals surface area contributed by atoms with Crippen LogP contribution >= 0.6 is 0 Å². The van der Waals surface area contributed by atoms with Crippen molar-refractivity contribution in [1.29, 1.82) is 0 Å². The van der Waals surface area contributed by atoms with Crippen LogP contribution in [0.5, 0.6) is 0 Å². The third-order valence-corrected chi connectivity index (χ3v) is 12.4. The number of nitrogens with zero attached hydrogens (tertiary/aromatic N) is 3. The molecular formula is C61H55IrN3O2-2. The molecule has 4 aromatic heterocycles. The van der Waals surface area contributed by atoms with Crippen LogP contribution in [0.2, 0.25) is 0 Å². The molecule has 0 bridgehead atoms. The molecule has 6 heteroatoms. The minimum absolute atomic E-state index is 0. The van der Waals surface area contributed by atoms with Gasteiger partial charge in [0.15, 0.2) is 0 Å². The Hall–Kier alpha value is -6.59. The number of aryl methyl sites for hydroxylation is 3. The number of hydrogen-bond acceptors (Lipinski definition) is 4. The average Bonchev–Trinajstić information content (AvgIpc) is 4.10. The van der Waals surface area contributed by atoms with Crippen LogP contribution in [-0.2, 0) is 25.5 Å². The number of hydrogen-bond donors (Lipinski definition) is 0. The second-order valence-corrected chi connectivity index (χ2v) is 18.6. The summed E-state index contributed by atoms with van der Waals surface area (Å²) in [5.74, 6) is 1.02. The number of fused-ring (bicyclic) bond motifs is 7. The fourth-order valence-corrected chi connectivity index (χ4v) is 9.05. The van der Waals surface area contributed by atoms with Crippen LogP contribution in [0.1, 0.15) is 106 Å². The van der Waals surface area contributed by atoms with Crippen molar-refractivity contribution in [2.75, 3.05) is 0 Å². The first kappa shape index (κ1) is 35.6. The molecule has 1 radical (unpaired) electrons. The molecule has 0 saturated heterocycles. The van der Waals surface area contributed by atoms with E-state index in [0.717, 1.165) is 33.1 Å². The van der Waals surface area contributed by atoms with E-state index in [1.54, 1.807) is 18.2 Å². The first-order valence-corrected chi connectivity index (χ1v) is 22.4.